The van der Waals surface area contributed by atoms with Gasteiger partial charge in [-0.05, 0) is 19.7 Å². The number of rotatable bonds is 4. The molecule has 0 saturated carbocycles. The van der Waals surface area contributed by atoms with Gasteiger partial charge in [-0.3, -0.25) is 0 Å². The maximum Gasteiger partial charge on any atom is 0.152 e. The van der Waals surface area contributed by atoms with Crippen molar-refractivity contribution in [3.8, 4) is 11.3 Å². The Morgan fingerprint density at radius 3 is 2.47 bits per heavy atom. The quantitative estimate of drug-likeness (QED) is 0.781. The fourth-order valence-electron chi connectivity index (χ4n) is 1.66. The summed E-state index contributed by atoms with van der Waals surface area (Å²) in [5.74, 6) is 1.05. The summed E-state index contributed by atoms with van der Waals surface area (Å²) in [6.07, 6.45) is 0. The summed E-state index contributed by atoms with van der Waals surface area (Å²) in [4.78, 5) is 2.14. The standard InChI is InChI=1S/C13H15ClN2O/c1-16(2)9-10-3-5-11(6-4-10)13-7-12(8-14)17-15-13/h3-7H,8-9H2,1-2H3. The van der Waals surface area contributed by atoms with Gasteiger partial charge in [0.15, 0.2) is 5.76 Å². The Balaban J connectivity index is 2.17. The first kappa shape index (κ1) is 12.1. The van der Waals surface area contributed by atoms with Crippen LogP contribution < -0.4 is 0 Å². The third-order valence-corrected chi connectivity index (χ3v) is 2.70. The van der Waals surface area contributed by atoms with Crippen LogP contribution in [0.1, 0.15) is 11.3 Å². The molecule has 0 bridgehead atoms. The summed E-state index contributed by atoms with van der Waals surface area (Å²) in [6, 6.07) is 10.2. The van der Waals surface area contributed by atoms with Crippen molar-refractivity contribution >= 4 is 11.6 Å². The molecule has 0 radical (unpaired) electrons. The molecule has 0 N–H and O–H groups in total. The van der Waals surface area contributed by atoms with Crippen LogP contribution in [0.4, 0.5) is 0 Å². The van der Waals surface area contributed by atoms with Crippen molar-refractivity contribution in [3.05, 3.63) is 41.7 Å². The molecule has 2 rings (SSSR count). The highest BCUT2D eigenvalue weighted by atomic mass is 35.5. The highest BCUT2D eigenvalue weighted by molar-refractivity contribution is 6.16. The lowest BCUT2D eigenvalue weighted by Crippen LogP contribution is -2.10. The minimum absolute atomic E-state index is 0.353. The van der Waals surface area contributed by atoms with E-state index in [1.807, 2.05) is 6.07 Å². The van der Waals surface area contributed by atoms with Crippen LogP contribution >= 0.6 is 11.6 Å². The van der Waals surface area contributed by atoms with Crippen molar-refractivity contribution in [2.75, 3.05) is 14.1 Å². The zero-order chi connectivity index (χ0) is 12.3. The van der Waals surface area contributed by atoms with E-state index in [0.717, 1.165) is 17.8 Å². The Morgan fingerprint density at radius 2 is 1.94 bits per heavy atom. The van der Waals surface area contributed by atoms with Gasteiger partial charge >= 0.3 is 0 Å². The predicted molar refractivity (Wildman–Crippen MR) is 68.9 cm³/mol. The minimum atomic E-state index is 0.353. The van der Waals surface area contributed by atoms with E-state index in [1.165, 1.54) is 5.56 Å². The molecule has 0 unspecified atom stereocenters. The molecule has 4 heteroatoms. The van der Waals surface area contributed by atoms with Crippen LogP contribution in [0.5, 0.6) is 0 Å². The van der Waals surface area contributed by atoms with Crippen molar-refractivity contribution in [1.82, 2.24) is 10.1 Å². The Bertz CT molecular complexity index is 476. The summed E-state index contributed by atoms with van der Waals surface area (Å²) in [5.41, 5.74) is 3.16. The molecular weight excluding hydrogens is 236 g/mol. The number of halogens is 1. The fraction of sp³-hybridized carbons (Fsp3) is 0.308. The fourth-order valence-corrected chi connectivity index (χ4v) is 1.78. The van der Waals surface area contributed by atoms with Crippen LogP contribution in [-0.4, -0.2) is 24.2 Å². The van der Waals surface area contributed by atoms with Crippen molar-refractivity contribution in [2.24, 2.45) is 0 Å². The van der Waals surface area contributed by atoms with Gasteiger partial charge in [0.2, 0.25) is 0 Å². The summed E-state index contributed by atoms with van der Waals surface area (Å²) >= 11 is 5.67. The molecule has 90 valence electrons. The molecule has 0 amide bonds. The second-order valence-electron chi connectivity index (χ2n) is 4.25. The van der Waals surface area contributed by atoms with E-state index in [9.17, 15) is 0 Å². The van der Waals surface area contributed by atoms with Crippen LogP contribution in [-0.2, 0) is 12.4 Å². The van der Waals surface area contributed by atoms with Gasteiger partial charge in [-0.15, -0.1) is 11.6 Å². The number of aromatic nitrogens is 1. The Morgan fingerprint density at radius 1 is 1.24 bits per heavy atom. The first-order chi connectivity index (χ1) is 8.19. The average Bonchev–Trinajstić information content (AvgIpc) is 2.78. The van der Waals surface area contributed by atoms with E-state index in [1.54, 1.807) is 0 Å². The zero-order valence-electron chi connectivity index (χ0n) is 9.98. The summed E-state index contributed by atoms with van der Waals surface area (Å²) in [5, 5.41) is 3.98. The van der Waals surface area contributed by atoms with E-state index < -0.39 is 0 Å². The topological polar surface area (TPSA) is 29.3 Å². The number of benzene rings is 1. The molecule has 1 heterocycles. The highest BCUT2D eigenvalue weighted by Gasteiger charge is 2.05. The van der Waals surface area contributed by atoms with E-state index >= 15 is 0 Å². The van der Waals surface area contributed by atoms with Gasteiger partial charge in [0.1, 0.15) is 5.69 Å². The smallest absolute Gasteiger partial charge is 0.152 e. The predicted octanol–water partition coefficient (Wildman–Crippen LogP) is 3.14. The SMILES string of the molecule is CN(C)Cc1ccc(-c2cc(CCl)on2)cc1. The average molecular weight is 251 g/mol. The first-order valence-corrected chi connectivity index (χ1v) is 5.98. The van der Waals surface area contributed by atoms with Crippen LogP contribution in [0.25, 0.3) is 11.3 Å². The third-order valence-electron chi connectivity index (χ3n) is 2.44. The van der Waals surface area contributed by atoms with E-state index in [2.05, 4.69) is 48.4 Å². The normalized spacial score (nSPS) is 11.1. The molecule has 0 aliphatic rings. The molecule has 1 aromatic carbocycles. The van der Waals surface area contributed by atoms with E-state index in [4.69, 9.17) is 16.1 Å². The lowest BCUT2D eigenvalue weighted by Gasteiger charge is -2.09. The summed E-state index contributed by atoms with van der Waals surface area (Å²) in [6.45, 7) is 0.937. The number of hydrogen-bond acceptors (Lipinski definition) is 3. The molecule has 0 spiro atoms. The Hall–Kier alpha value is -1.32. The van der Waals surface area contributed by atoms with Crippen molar-refractivity contribution < 1.29 is 4.52 Å². The maximum atomic E-state index is 5.67. The Labute approximate surface area is 106 Å². The highest BCUT2D eigenvalue weighted by Crippen LogP contribution is 2.20. The summed E-state index contributed by atoms with van der Waals surface area (Å²) < 4.78 is 5.07. The van der Waals surface area contributed by atoms with Crippen molar-refractivity contribution in [3.63, 3.8) is 0 Å². The maximum absolute atomic E-state index is 5.67. The van der Waals surface area contributed by atoms with Gasteiger partial charge in [-0.1, -0.05) is 29.4 Å². The number of hydrogen-bond donors (Lipinski definition) is 0. The molecule has 3 nitrogen and oxygen atoms in total. The molecule has 0 aliphatic carbocycles. The molecule has 17 heavy (non-hydrogen) atoms. The molecule has 0 fully saturated rings. The minimum Gasteiger partial charge on any atom is -0.359 e. The number of alkyl halides is 1. The second kappa shape index (κ2) is 5.34. The van der Waals surface area contributed by atoms with Crippen LogP contribution in [0.15, 0.2) is 34.9 Å². The van der Waals surface area contributed by atoms with Gasteiger partial charge in [0.25, 0.3) is 0 Å². The molecule has 0 saturated heterocycles. The lowest BCUT2D eigenvalue weighted by atomic mass is 10.1. The van der Waals surface area contributed by atoms with Crippen LogP contribution in [0, 0.1) is 0 Å². The second-order valence-corrected chi connectivity index (χ2v) is 4.51. The van der Waals surface area contributed by atoms with Crippen LogP contribution in [0.2, 0.25) is 0 Å². The van der Waals surface area contributed by atoms with Crippen molar-refractivity contribution in [1.29, 1.82) is 0 Å². The first-order valence-electron chi connectivity index (χ1n) is 5.44. The van der Waals surface area contributed by atoms with E-state index in [0.29, 0.717) is 11.6 Å². The molecule has 0 atom stereocenters. The lowest BCUT2D eigenvalue weighted by molar-refractivity contribution is 0.396. The van der Waals surface area contributed by atoms with Crippen LogP contribution in [0.3, 0.4) is 0 Å². The molecule has 2 aromatic rings. The molecular formula is C13H15ClN2O. The monoisotopic (exact) mass is 250 g/mol. The zero-order valence-corrected chi connectivity index (χ0v) is 10.7. The molecule has 0 aliphatic heterocycles. The van der Waals surface area contributed by atoms with Gasteiger partial charge < -0.3 is 9.42 Å². The van der Waals surface area contributed by atoms with Gasteiger partial charge in [0.05, 0.1) is 5.88 Å². The van der Waals surface area contributed by atoms with Gasteiger partial charge in [-0.2, -0.15) is 0 Å². The Kier molecular flexibility index (Phi) is 3.82. The molecule has 1 aromatic heterocycles. The van der Waals surface area contributed by atoms with Gasteiger partial charge in [0, 0.05) is 18.2 Å². The number of nitrogens with zero attached hydrogens (tertiary/aromatic N) is 2. The van der Waals surface area contributed by atoms with Gasteiger partial charge in [-0.25, -0.2) is 0 Å². The largest absolute Gasteiger partial charge is 0.359 e. The van der Waals surface area contributed by atoms with E-state index in [-0.39, 0.29) is 0 Å². The van der Waals surface area contributed by atoms with Crippen molar-refractivity contribution in [2.45, 2.75) is 12.4 Å². The summed E-state index contributed by atoms with van der Waals surface area (Å²) in [7, 11) is 4.11. The third kappa shape index (κ3) is 3.08.